The van der Waals surface area contributed by atoms with Crippen molar-refractivity contribution in [1.29, 1.82) is 0 Å². The largest absolute Gasteiger partial charge is 0.489 e. The maximum Gasteiger partial charge on any atom is 0.167 e. The Kier molecular flexibility index (Phi) is 5.25. The van der Waals surface area contributed by atoms with Gasteiger partial charge in [0.15, 0.2) is 11.6 Å². The number of halogens is 3. The van der Waals surface area contributed by atoms with Crippen molar-refractivity contribution < 1.29 is 9.13 Å². The third-order valence-corrected chi connectivity index (χ3v) is 2.33. The molecule has 18 heavy (non-hydrogen) atoms. The van der Waals surface area contributed by atoms with E-state index >= 15 is 0 Å². The molecule has 4 nitrogen and oxygen atoms in total. The van der Waals surface area contributed by atoms with Gasteiger partial charge in [-0.05, 0) is 12.1 Å². The predicted octanol–water partition coefficient (Wildman–Crippen LogP) is 2.76. The lowest BCUT2D eigenvalue weighted by molar-refractivity contribution is 0.278. The van der Waals surface area contributed by atoms with E-state index < -0.39 is 5.82 Å². The molecule has 98 valence electrons. The van der Waals surface area contributed by atoms with Crippen LogP contribution in [0.3, 0.4) is 0 Å². The van der Waals surface area contributed by atoms with Gasteiger partial charge in [0.2, 0.25) is 0 Å². The summed E-state index contributed by atoms with van der Waals surface area (Å²) in [6.07, 6.45) is 3.20. The minimum atomic E-state index is -0.469. The van der Waals surface area contributed by atoms with Gasteiger partial charge in [-0.1, -0.05) is 11.6 Å². The molecule has 2 rings (SSSR count). The lowest BCUT2D eigenvalue weighted by Gasteiger charge is -2.07. The van der Waals surface area contributed by atoms with Crippen molar-refractivity contribution in [2.24, 2.45) is 0 Å². The monoisotopic (exact) mass is 291 g/mol. The number of benzene rings is 1. The van der Waals surface area contributed by atoms with E-state index in [9.17, 15) is 4.39 Å². The molecule has 0 saturated heterocycles. The van der Waals surface area contributed by atoms with Crippen molar-refractivity contribution in [1.82, 2.24) is 9.78 Å². The smallest absolute Gasteiger partial charge is 0.167 e. The molecule has 0 spiro atoms. The summed E-state index contributed by atoms with van der Waals surface area (Å²) in [6, 6.07) is 4.31. The average molecular weight is 292 g/mol. The molecule has 2 N–H and O–H groups in total. The van der Waals surface area contributed by atoms with Gasteiger partial charge in [0.1, 0.15) is 6.61 Å². The van der Waals surface area contributed by atoms with Gasteiger partial charge in [0.05, 0.1) is 17.8 Å². The van der Waals surface area contributed by atoms with Gasteiger partial charge in [-0.15, -0.1) is 12.4 Å². The third kappa shape index (κ3) is 3.78. The highest BCUT2D eigenvalue weighted by molar-refractivity contribution is 6.30. The van der Waals surface area contributed by atoms with E-state index in [1.807, 2.05) is 0 Å². The Morgan fingerprint density at radius 2 is 2.22 bits per heavy atom. The molecule has 0 aliphatic carbocycles. The zero-order valence-corrected chi connectivity index (χ0v) is 10.9. The quantitative estimate of drug-likeness (QED) is 0.882. The molecule has 0 fully saturated rings. The van der Waals surface area contributed by atoms with E-state index in [2.05, 4.69) is 5.10 Å². The topological polar surface area (TPSA) is 53.1 Å². The maximum atomic E-state index is 13.3. The Bertz CT molecular complexity index is 519. The van der Waals surface area contributed by atoms with E-state index in [4.69, 9.17) is 22.1 Å². The number of nitrogen functional groups attached to an aromatic ring is 1. The summed E-state index contributed by atoms with van der Waals surface area (Å²) in [5.74, 6) is -0.291. The number of anilines is 1. The Balaban J connectivity index is 0.00000162. The number of ether oxygens (including phenoxy) is 1. The first-order valence-electron chi connectivity index (χ1n) is 5.01. The van der Waals surface area contributed by atoms with Gasteiger partial charge >= 0.3 is 0 Å². The fraction of sp³-hybridized carbons (Fsp3) is 0.182. The van der Waals surface area contributed by atoms with E-state index in [0.29, 0.717) is 23.9 Å². The van der Waals surface area contributed by atoms with Gasteiger partial charge < -0.3 is 10.5 Å². The molecular weight excluding hydrogens is 280 g/mol. The van der Waals surface area contributed by atoms with Crippen molar-refractivity contribution in [2.75, 3.05) is 12.3 Å². The molecule has 0 unspecified atom stereocenters. The van der Waals surface area contributed by atoms with Crippen molar-refractivity contribution >= 4 is 29.7 Å². The van der Waals surface area contributed by atoms with Gasteiger partial charge in [0.25, 0.3) is 0 Å². The van der Waals surface area contributed by atoms with Crippen LogP contribution in [0.4, 0.5) is 10.1 Å². The molecule has 2 aromatic rings. The Morgan fingerprint density at radius 1 is 1.44 bits per heavy atom. The minimum absolute atomic E-state index is 0. The highest BCUT2D eigenvalue weighted by Crippen LogP contribution is 2.19. The first-order chi connectivity index (χ1) is 8.15. The molecule has 7 heteroatoms. The second-order valence-corrected chi connectivity index (χ2v) is 3.90. The molecule has 0 radical (unpaired) electrons. The van der Waals surface area contributed by atoms with Crippen LogP contribution in [0.2, 0.25) is 5.02 Å². The second kappa shape index (κ2) is 6.47. The molecule has 1 aromatic heterocycles. The number of hydrogen-bond donors (Lipinski definition) is 1. The summed E-state index contributed by atoms with van der Waals surface area (Å²) in [4.78, 5) is 0. The molecular formula is C11H12Cl2FN3O. The summed E-state index contributed by atoms with van der Waals surface area (Å²) in [5.41, 5.74) is 5.79. The van der Waals surface area contributed by atoms with E-state index in [1.165, 1.54) is 18.3 Å². The van der Waals surface area contributed by atoms with Crippen molar-refractivity contribution in [3.63, 3.8) is 0 Å². The molecule has 1 heterocycles. The molecule has 0 atom stereocenters. The molecule has 0 bridgehead atoms. The first kappa shape index (κ1) is 14.6. The molecule has 0 amide bonds. The van der Waals surface area contributed by atoms with E-state index in [-0.39, 0.29) is 18.2 Å². The molecule has 0 aliphatic heterocycles. The Labute approximate surface area is 115 Å². The highest BCUT2D eigenvalue weighted by Gasteiger charge is 2.03. The van der Waals surface area contributed by atoms with Crippen molar-refractivity contribution in [2.45, 2.75) is 6.54 Å². The van der Waals surface area contributed by atoms with Crippen LogP contribution in [0.25, 0.3) is 0 Å². The predicted molar refractivity (Wildman–Crippen MR) is 70.8 cm³/mol. The van der Waals surface area contributed by atoms with Gasteiger partial charge in [-0.25, -0.2) is 4.39 Å². The van der Waals surface area contributed by atoms with Gasteiger partial charge in [0, 0.05) is 18.0 Å². The number of rotatable bonds is 4. The molecule has 1 aromatic carbocycles. The minimum Gasteiger partial charge on any atom is -0.489 e. The highest BCUT2D eigenvalue weighted by atomic mass is 35.5. The Morgan fingerprint density at radius 3 is 2.83 bits per heavy atom. The third-order valence-electron chi connectivity index (χ3n) is 2.14. The standard InChI is InChI=1S/C11H11ClFN3O.ClH/c12-8-6-15-16(7-8)3-4-17-11-2-1-9(14)5-10(11)13;/h1-2,5-7H,3-4,14H2;1H. The fourth-order valence-electron chi connectivity index (χ4n) is 1.34. The SMILES string of the molecule is Cl.Nc1ccc(OCCn2cc(Cl)cn2)c(F)c1. The van der Waals surface area contributed by atoms with Crippen LogP contribution in [0.1, 0.15) is 0 Å². The number of hydrogen-bond acceptors (Lipinski definition) is 3. The van der Waals surface area contributed by atoms with Crippen LogP contribution in [0.15, 0.2) is 30.6 Å². The van der Waals surface area contributed by atoms with Crippen molar-refractivity contribution in [3.8, 4) is 5.75 Å². The number of nitrogens with zero attached hydrogens (tertiary/aromatic N) is 2. The van der Waals surface area contributed by atoms with Crippen LogP contribution >= 0.6 is 24.0 Å². The zero-order valence-electron chi connectivity index (χ0n) is 9.35. The van der Waals surface area contributed by atoms with E-state index in [1.54, 1.807) is 16.9 Å². The maximum absolute atomic E-state index is 13.3. The van der Waals surface area contributed by atoms with Crippen LogP contribution in [-0.4, -0.2) is 16.4 Å². The zero-order chi connectivity index (χ0) is 12.3. The lowest BCUT2D eigenvalue weighted by Crippen LogP contribution is -2.09. The van der Waals surface area contributed by atoms with Gasteiger partial charge in [-0.2, -0.15) is 5.10 Å². The second-order valence-electron chi connectivity index (χ2n) is 3.46. The summed E-state index contributed by atoms with van der Waals surface area (Å²) >= 11 is 5.70. The van der Waals surface area contributed by atoms with E-state index in [0.717, 1.165) is 0 Å². The summed E-state index contributed by atoms with van der Waals surface area (Å²) in [7, 11) is 0. The van der Waals surface area contributed by atoms with Gasteiger partial charge in [-0.3, -0.25) is 4.68 Å². The van der Waals surface area contributed by atoms with Crippen LogP contribution in [0.5, 0.6) is 5.75 Å². The normalized spacial score (nSPS) is 9.89. The van der Waals surface area contributed by atoms with Crippen LogP contribution < -0.4 is 10.5 Å². The lowest BCUT2D eigenvalue weighted by atomic mass is 10.3. The van der Waals surface area contributed by atoms with Crippen LogP contribution in [-0.2, 0) is 6.54 Å². The fourth-order valence-corrected chi connectivity index (χ4v) is 1.50. The summed E-state index contributed by atoms with van der Waals surface area (Å²) in [5, 5.41) is 4.53. The first-order valence-corrected chi connectivity index (χ1v) is 5.39. The molecule has 0 saturated carbocycles. The van der Waals surface area contributed by atoms with Crippen molar-refractivity contribution in [3.05, 3.63) is 41.4 Å². The number of nitrogens with two attached hydrogens (primary N) is 1. The Hall–Kier alpha value is -1.46. The molecule has 0 aliphatic rings. The summed E-state index contributed by atoms with van der Waals surface area (Å²) in [6.45, 7) is 0.801. The number of aromatic nitrogens is 2. The summed E-state index contributed by atoms with van der Waals surface area (Å²) < 4.78 is 20.2. The van der Waals surface area contributed by atoms with Crippen LogP contribution in [0, 0.1) is 5.82 Å². The average Bonchev–Trinajstić information content (AvgIpc) is 2.68.